The highest BCUT2D eigenvalue weighted by atomic mass is 16.8. The summed E-state index contributed by atoms with van der Waals surface area (Å²) in [6, 6.07) is -2.24. The zero-order valence-corrected chi connectivity index (χ0v) is 17.4. The number of aliphatic carboxylic acids is 2. The second-order valence-electron chi connectivity index (χ2n) is 7.22. The van der Waals surface area contributed by atoms with E-state index in [1.165, 1.54) is 25.5 Å². The molecule has 2 amide bonds. The van der Waals surface area contributed by atoms with E-state index in [0.29, 0.717) is 19.3 Å². The molecule has 1 aliphatic rings. The fraction of sp³-hybridized carbons (Fsp3) is 0.579. The molecule has 1 aliphatic heterocycles. The standard InChI is InChI=1S/C19H26N4O9/c1-11(24)22-15-12(23-16(27)13-10-20-6-7-21-13)9-19(18(29)30,32-17(15)28)31-8-4-2-3-5-14(25)26/h6-7,10,12,15,17,28H,2-5,8-9H2,1H3,(H,22,24)(H,23,27)(H,25,26)(H,29,30)/t12-,15+,17+,19+/m0/s1. The largest absolute Gasteiger partial charge is 0.481 e. The number of nitrogens with one attached hydrogen (secondary N) is 2. The van der Waals surface area contributed by atoms with Gasteiger partial charge in [-0.05, 0) is 12.8 Å². The summed E-state index contributed by atoms with van der Waals surface area (Å²) in [5.74, 6) is -5.97. The number of carbonyl (C=O) groups is 4. The zero-order chi connectivity index (χ0) is 23.7. The van der Waals surface area contributed by atoms with Gasteiger partial charge in [0.05, 0.1) is 18.8 Å². The molecule has 0 aliphatic carbocycles. The Morgan fingerprint density at radius 2 is 1.94 bits per heavy atom. The Labute approximate surface area is 183 Å². The molecule has 176 valence electrons. The number of nitrogens with zero attached hydrogens (tertiary/aromatic N) is 2. The first kappa shape index (κ1) is 25.1. The summed E-state index contributed by atoms with van der Waals surface area (Å²) < 4.78 is 10.7. The molecule has 0 aromatic carbocycles. The van der Waals surface area contributed by atoms with Crippen LogP contribution in [0.2, 0.25) is 0 Å². The molecule has 0 saturated carbocycles. The number of carbonyl (C=O) groups excluding carboxylic acids is 2. The maximum absolute atomic E-state index is 12.5. The van der Waals surface area contributed by atoms with Crippen LogP contribution < -0.4 is 10.6 Å². The summed E-state index contributed by atoms with van der Waals surface area (Å²) in [5, 5.41) is 33.8. The monoisotopic (exact) mass is 454 g/mol. The number of hydrogen-bond donors (Lipinski definition) is 5. The summed E-state index contributed by atoms with van der Waals surface area (Å²) in [6.45, 7) is 1.11. The third kappa shape index (κ3) is 6.93. The fourth-order valence-electron chi connectivity index (χ4n) is 3.22. The van der Waals surface area contributed by atoms with Gasteiger partial charge in [-0.2, -0.15) is 0 Å². The molecule has 0 radical (unpaired) electrons. The predicted molar refractivity (Wildman–Crippen MR) is 105 cm³/mol. The molecule has 1 aromatic heterocycles. The topological polar surface area (TPSA) is 197 Å². The van der Waals surface area contributed by atoms with Crippen LogP contribution in [-0.2, 0) is 23.9 Å². The Balaban J connectivity index is 2.14. The number of aliphatic hydroxyl groups excluding tert-OH is 1. The van der Waals surface area contributed by atoms with E-state index >= 15 is 0 Å². The van der Waals surface area contributed by atoms with Crippen molar-refractivity contribution in [1.82, 2.24) is 20.6 Å². The lowest BCUT2D eigenvalue weighted by atomic mass is 9.94. The SMILES string of the molecule is CC(=O)N[C@@H]1[C@@H](NC(=O)c2cnccn2)C[C@](OCCCCCC(=O)O)(C(=O)O)O[C@H]1O. The van der Waals surface area contributed by atoms with Crippen molar-refractivity contribution in [3.63, 3.8) is 0 Å². The van der Waals surface area contributed by atoms with E-state index in [-0.39, 0.29) is 18.7 Å². The lowest BCUT2D eigenvalue weighted by molar-refractivity contribution is -0.322. The Morgan fingerprint density at radius 3 is 2.53 bits per heavy atom. The first-order valence-corrected chi connectivity index (χ1v) is 9.93. The van der Waals surface area contributed by atoms with E-state index < -0.39 is 54.3 Å². The van der Waals surface area contributed by atoms with Crippen molar-refractivity contribution in [1.29, 1.82) is 0 Å². The number of hydrogen-bond acceptors (Lipinski definition) is 9. The van der Waals surface area contributed by atoms with Gasteiger partial charge in [0.15, 0.2) is 6.29 Å². The molecule has 0 spiro atoms. The molecule has 2 heterocycles. The smallest absolute Gasteiger partial charge is 0.364 e. The first-order valence-electron chi connectivity index (χ1n) is 9.93. The molecule has 13 heteroatoms. The number of carboxylic acids is 2. The summed E-state index contributed by atoms with van der Waals surface area (Å²) in [6.07, 6.45) is 2.85. The van der Waals surface area contributed by atoms with Gasteiger partial charge in [-0.15, -0.1) is 0 Å². The lowest BCUT2D eigenvalue weighted by Crippen LogP contribution is -2.67. The highest BCUT2D eigenvalue weighted by Crippen LogP contribution is 2.31. The minimum Gasteiger partial charge on any atom is -0.481 e. The summed E-state index contributed by atoms with van der Waals surface area (Å²) in [5.41, 5.74) is -0.0460. The minimum atomic E-state index is -2.29. The number of carboxylic acid groups (broad SMARTS) is 2. The van der Waals surface area contributed by atoms with E-state index in [9.17, 15) is 29.4 Å². The van der Waals surface area contributed by atoms with E-state index in [1.807, 2.05) is 0 Å². The summed E-state index contributed by atoms with van der Waals surface area (Å²) in [7, 11) is 0. The van der Waals surface area contributed by atoms with Crippen molar-refractivity contribution >= 4 is 23.8 Å². The molecule has 2 rings (SSSR count). The molecule has 4 atom stereocenters. The van der Waals surface area contributed by atoms with Gasteiger partial charge in [0, 0.05) is 32.2 Å². The zero-order valence-electron chi connectivity index (χ0n) is 17.4. The molecule has 1 saturated heterocycles. The number of rotatable bonds is 11. The minimum absolute atomic E-state index is 0.0197. The fourth-order valence-corrected chi connectivity index (χ4v) is 3.22. The maximum atomic E-state index is 12.5. The van der Waals surface area contributed by atoms with Crippen LogP contribution in [0.5, 0.6) is 0 Å². The Kier molecular flexibility index (Phi) is 8.99. The van der Waals surface area contributed by atoms with Crippen molar-refractivity contribution in [3.05, 3.63) is 24.3 Å². The van der Waals surface area contributed by atoms with Crippen molar-refractivity contribution < 1.29 is 44.0 Å². The van der Waals surface area contributed by atoms with Crippen molar-refractivity contribution in [2.24, 2.45) is 0 Å². The number of amides is 2. The van der Waals surface area contributed by atoms with Gasteiger partial charge in [0.25, 0.3) is 11.7 Å². The van der Waals surface area contributed by atoms with Crippen molar-refractivity contribution in [3.8, 4) is 0 Å². The Bertz CT molecular complexity index is 822. The van der Waals surface area contributed by atoms with Crippen LogP contribution in [0.1, 0.15) is 49.5 Å². The van der Waals surface area contributed by atoms with Crippen LogP contribution in [0, 0.1) is 0 Å². The highest BCUT2D eigenvalue weighted by Gasteiger charge is 2.53. The molecule has 5 N–H and O–H groups in total. The van der Waals surface area contributed by atoms with E-state index in [0.717, 1.165) is 0 Å². The van der Waals surface area contributed by atoms with Crippen molar-refractivity contribution in [2.75, 3.05) is 6.61 Å². The quantitative estimate of drug-likeness (QED) is 0.264. The predicted octanol–water partition coefficient (Wildman–Crippen LogP) is -0.739. The molecule has 1 fully saturated rings. The number of aliphatic hydroxyl groups is 1. The molecule has 13 nitrogen and oxygen atoms in total. The van der Waals surface area contributed by atoms with Crippen LogP contribution >= 0.6 is 0 Å². The lowest BCUT2D eigenvalue weighted by Gasteiger charge is -2.44. The van der Waals surface area contributed by atoms with Gasteiger partial charge in [0.2, 0.25) is 5.91 Å². The Morgan fingerprint density at radius 1 is 1.19 bits per heavy atom. The van der Waals surface area contributed by atoms with Crippen LogP contribution in [-0.4, -0.2) is 79.8 Å². The average Bonchev–Trinajstić information content (AvgIpc) is 2.73. The van der Waals surface area contributed by atoms with Gasteiger partial charge in [0.1, 0.15) is 11.7 Å². The molecule has 1 aromatic rings. The van der Waals surface area contributed by atoms with Crippen molar-refractivity contribution in [2.45, 2.75) is 63.2 Å². The van der Waals surface area contributed by atoms with E-state index in [2.05, 4.69) is 20.6 Å². The maximum Gasteiger partial charge on any atom is 0.364 e. The Hall–Kier alpha value is -3.16. The number of aromatic nitrogens is 2. The van der Waals surface area contributed by atoms with Gasteiger partial charge >= 0.3 is 11.9 Å². The van der Waals surface area contributed by atoms with Crippen LogP contribution in [0.15, 0.2) is 18.6 Å². The highest BCUT2D eigenvalue weighted by molar-refractivity contribution is 5.92. The molecular formula is C19H26N4O9. The summed E-state index contributed by atoms with van der Waals surface area (Å²) in [4.78, 5) is 54.3. The van der Waals surface area contributed by atoms with Gasteiger partial charge in [-0.1, -0.05) is 6.42 Å². The second kappa shape index (κ2) is 11.5. The van der Waals surface area contributed by atoms with E-state index in [4.69, 9.17) is 14.6 Å². The molecule has 0 bridgehead atoms. The van der Waals surface area contributed by atoms with Crippen LogP contribution in [0.3, 0.4) is 0 Å². The van der Waals surface area contributed by atoms with Gasteiger partial charge in [-0.25, -0.2) is 9.78 Å². The molecule has 0 unspecified atom stereocenters. The summed E-state index contributed by atoms with van der Waals surface area (Å²) >= 11 is 0. The molecule has 32 heavy (non-hydrogen) atoms. The number of ether oxygens (including phenoxy) is 2. The second-order valence-corrected chi connectivity index (χ2v) is 7.22. The average molecular weight is 454 g/mol. The molecular weight excluding hydrogens is 428 g/mol. The normalized spacial score (nSPS) is 25.0. The first-order chi connectivity index (χ1) is 15.1. The third-order valence-corrected chi connectivity index (χ3v) is 4.72. The van der Waals surface area contributed by atoms with E-state index in [1.54, 1.807) is 0 Å². The van der Waals surface area contributed by atoms with Gasteiger partial charge < -0.3 is 35.4 Å². The van der Waals surface area contributed by atoms with Crippen LogP contribution in [0.4, 0.5) is 0 Å². The third-order valence-electron chi connectivity index (χ3n) is 4.72. The number of unbranched alkanes of at least 4 members (excludes halogenated alkanes) is 2. The van der Waals surface area contributed by atoms with Gasteiger partial charge in [-0.3, -0.25) is 19.4 Å². The van der Waals surface area contributed by atoms with Crippen LogP contribution in [0.25, 0.3) is 0 Å².